The lowest BCUT2D eigenvalue weighted by atomic mass is 10.0. The molecule has 1 fully saturated rings. The van der Waals surface area contributed by atoms with Crippen molar-refractivity contribution in [3.05, 3.63) is 24.0 Å². The lowest BCUT2D eigenvalue weighted by Crippen LogP contribution is -2.48. The fourth-order valence-corrected chi connectivity index (χ4v) is 3.01. The van der Waals surface area contributed by atoms with Crippen LogP contribution in [0.5, 0.6) is 0 Å². The van der Waals surface area contributed by atoms with E-state index in [0.29, 0.717) is 12.1 Å². The maximum Gasteiger partial charge on any atom is 0.352 e. The monoisotopic (exact) mass is 279 g/mol. The minimum atomic E-state index is -0.902. The average molecular weight is 279 g/mol. The molecular weight excluding hydrogens is 258 g/mol. The summed E-state index contributed by atoms with van der Waals surface area (Å²) >= 11 is 0. The van der Waals surface area contributed by atoms with Crippen LogP contribution in [0.15, 0.2) is 18.3 Å². The van der Waals surface area contributed by atoms with Gasteiger partial charge >= 0.3 is 5.97 Å². The molecule has 2 heterocycles. The Hall–Kier alpha value is -1.82. The lowest BCUT2D eigenvalue weighted by molar-refractivity contribution is -0.123. The minimum Gasteiger partial charge on any atom is -0.477 e. The van der Waals surface area contributed by atoms with Crippen LogP contribution in [0.4, 0.5) is 0 Å². The Morgan fingerprint density at radius 3 is 2.60 bits per heavy atom. The third kappa shape index (κ3) is 2.85. The molecule has 1 aromatic rings. The van der Waals surface area contributed by atoms with Crippen LogP contribution in [0.2, 0.25) is 0 Å². The second kappa shape index (κ2) is 6.09. The molecule has 1 aromatic heterocycles. The highest BCUT2D eigenvalue weighted by Gasteiger charge is 2.28. The minimum absolute atomic E-state index is 0.178. The molecular formula is C14H21N3O3. The zero-order valence-electron chi connectivity index (χ0n) is 11.7. The predicted octanol–water partition coefficient (Wildman–Crippen LogP) is 1.09. The number of carboxylic acids is 1. The van der Waals surface area contributed by atoms with E-state index in [2.05, 4.69) is 4.90 Å². The second-order valence-corrected chi connectivity index (χ2v) is 5.20. The number of likely N-dealkylation sites (tertiary alicyclic amines) is 1. The van der Waals surface area contributed by atoms with E-state index in [4.69, 9.17) is 10.8 Å². The Labute approximate surface area is 118 Å². The molecule has 1 atom stereocenters. The first-order chi connectivity index (χ1) is 9.54. The molecule has 0 aliphatic carbocycles. The number of carbonyl (C=O) groups excluding carboxylic acids is 1. The number of aromatic nitrogens is 1. The van der Waals surface area contributed by atoms with Crippen molar-refractivity contribution in [2.75, 3.05) is 13.1 Å². The van der Waals surface area contributed by atoms with Crippen molar-refractivity contribution in [3.63, 3.8) is 0 Å². The van der Waals surface area contributed by atoms with Gasteiger partial charge in [0.1, 0.15) is 5.69 Å². The third-order valence-corrected chi connectivity index (χ3v) is 4.05. The molecule has 0 radical (unpaired) electrons. The average Bonchev–Trinajstić information content (AvgIpc) is 2.89. The fraction of sp³-hybridized carbons (Fsp3) is 0.571. The van der Waals surface area contributed by atoms with Gasteiger partial charge < -0.3 is 15.4 Å². The van der Waals surface area contributed by atoms with Crippen molar-refractivity contribution < 1.29 is 14.7 Å². The molecule has 0 bridgehead atoms. The van der Waals surface area contributed by atoms with Crippen LogP contribution in [0, 0.1) is 0 Å². The summed E-state index contributed by atoms with van der Waals surface area (Å²) in [6.07, 6.45) is 4.19. The summed E-state index contributed by atoms with van der Waals surface area (Å²) in [5.74, 6) is -1.18. The first-order valence-corrected chi connectivity index (χ1v) is 6.98. The molecule has 0 saturated carbocycles. The van der Waals surface area contributed by atoms with Gasteiger partial charge in [0.25, 0.3) is 0 Å². The Bertz CT molecular complexity index is 490. The molecule has 3 N–H and O–H groups in total. The van der Waals surface area contributed by atoms with E-state index in [-0.39, 0.29) is 18.0 Å². The molecule has 2 rings (SSSR count). The Morgan fingerprint density at radius 2 is 2.10 bits per heavy atom. The van der Waals surface area contributed by atoms with Gasteiger partial charge in [-0.05, 0) is 31.4 Å². The van der Waals surface area contributed by atoms with E-state index in [1.165, 1.54) is 0 Å². The first kappa shape index (κ1) is 14.6. The molecule has 0 aromatic carbocycles. The van der Waals surface area contributed by atoms with Gasteiger partial charge in [-0.3, -0.25) is 9.69 Å². The number of carbonyl (C=O) groups is 2. The summed E-state index contributed by atoms with van der Waals surface area (Å²) in [5.41, 5.74) is 5.73. The van der Waals surface area contributed by atoms with E-state index < -0.39 is 5.97 Å². The Balaban J connectivity index is 2.02. The highest BCUT2D eigenvalue weighted by Crippen LogP contribution is 2.26. The number of rotatable bonds is 5. The van der Waals surface area contributed by atoms with Gasteiger partial charge in [-0.2, -0.15) is 0 Å². The van der Waals surface area contributed by atoms with Crippen molar-refractivity contribution >= 4 is 11.9 Å². The standard InChI is InChI=1S/C14H21N3O3/c1-2-11(13(15)18)16-8-5-10(6-9-16)17-7-3-4-12(17)14(19)20/h3-4,7,10-11H,2,5-6,8-9H2,1H3,(H2,15,18)(H,19,20). The predicted molar refractivity (Wildman–Crippen MR) is 74.5 cm³/mol. The molecule has 20 heavy (non-hydrogen) atoms. The largest absolute Gasteiger partial charge is 0.477 e. The third-order valence-electron chi connectivity index (χ3n) is 4.05. The normalized spacial score (nSPS) is 18.9. The topological polar surface area (TPSA) is 88.6 Å². The molecule has 1 aliphatic heterocycles. The summed E-state index contributed by atoms with van der Waals surface area (Å²) in [4.78, 5) is 24.6. The van der Waals surface area contributed by atoms with Crippen LogP contribution < -0.4 is 5.73 Å². The van der Waals surface area contributed by atoms with Gasteiger partial charge in [0.15, 0.2) is 0 Å². The molecule has 110 valence electrons. The van der Waals surface area contributed by atoms with E-state index in [1.807, 2.05) is 17.7 Å². The first-order valence-electron chi connectivity index (χ1n) is 6.98. The SMILES string of the molecule is CCC(C(N)=O)N1CCC(n2cccc2C(=O)O)CC1. The molecule has 1 aliphatic rings. The van der Waals surface area contributed by atoms with Crippen LogP contribution >= 0.6 is 0 Å². The van der Waals surface area contributed by atoms with Crippen molar-refractivity contribution in [2.45, 2.75) is 38.3 Å². The van der Waals surface area contributed by atoms with E-state index >= 15 is 0 Å². The number of carboxylic acid groups (broad SMARTS) is 1. The Morgan fingerprint density at radius 1 is 1.45 bits per heavy atom. The molecule has 0 spiro atoms. The summed E-state index contributed by atoms with van der Waals surface area (Å²) in [6, 6.07) is 3.35. The fourth-order valence-electron chi connectivity index (χ4n) is 3.01. The highest BCUT2D eigenvalue weighted by molar-refractivity contribution is 5.85. The van der Waals surface area contributed by atoms with Crippen LogP contribution in [-0.2, 0) is 4.79 Å². The summed E-state index contributed by atoms with van der Waals surface area (Å²) in [7, 11) is 0. The van der Waals surface area contributed by atoms with Crippen molar-refractivity contribution in [1.29, 1.82) is 0 Å². The van der Waals surface area contributed by atoms with Crippen LogP contribution in [0.3, 0.4) is 0 Å². The number of hydrogen-bond acceptors (Lipinski definition) is 3. The number of aromatic carboxylic acids is 1. The van der Waals surface area contributed by atoms with Crippen LogP contribution in [0.25, 0.3) is 0 Å². The quantitative estimate of drug-likeness (QED) is 0.844. The number of nitrogens with two attached hydrogens (primary N) is 1. The Kier molecular flexibility index (Phi) is 4.44. The van der Waals surface area contributed by atoms with Gasteiger partial charge in [-0.15, -0.1) is 0 Å². The number of primary amides is 1. The van der Waals surface area contributed by atoms with E-state index in [0.717, 1.165) is 25.9 Å². The lowest BCUT2D eigenvalue weighted by Gasteiger charge is -2.36. The second-order valence-electron chi connectivity index (χ2n) is 5.20. The number of piperidine rings is 1. The van der Waals surface area contributed by atoms with Gasteiger partial charge in [-0.1, -0.05) is 6.92 Å². The molecule has 1 unspecified atom stereocenters. The molecule has 6 nitrogen and oxygen atoms in total. The number of hydrogen-bond donors (Lipinski definition) is 2. The van der Waals surface area contributed by atoms with Crippen molar-refractivity contribution in [3.8, 4) is 0 Å². The van der Waals surface area contributed by atoms with E-state index in [1.54, 1.807) is 12.1 Å². The maximum atomic E-state index is 11.4. The highest BCUT2D eigenvalue weighted by atomic mass is 16.4. The zero-order chi connectivity index (χ0) is 14.7. The number of amides is 1. The maximum absolute atomic E-state index is 11.4. The van der Waals surface area contributed by atoms with Gasteiger partial charge in [-0.25, -0.2) is 4.79 Å². The summed E-state index contributed by atoms with van der Waals surface area (Å²) in [6.45, 7) is 3.49. The van der Waals surface area contributed by atoms with E-state index in [9.17, 15) is 9.59 Å². The smallest absolute Gasteiger partial charge is 0.352 e. The van der Waals surface area contributed by atoms with Crippen LogP contribution in [-0.4, -0.2) is 45.6 Å². The molecule has 1 amide bonds. The summed E-state index contributed by atoms with van der Waals surface area (Å²) < 4.78 is 1.82. The van der Waals surface area contributed by atoms with Crippen LogP contribution in [0.1, 0.15) is 42.7 Å². The van der Waals surface area contributed by atoms with Crippen molar-refractivity contribution in [1.82, 2.24) is 9.47 Å². The van der Waals surface area contributed by atoms with Crippen molar-refractivity contribution in [2.24, 2.45) is 5.73 Å². The molecule has 6 heteroatoms. The molecule has 1 saturated heterocycles. The number of nitrogens with zero attached hydrogens (tertiary/aromatic N) is 2. The van der Waals surface area contributed by atoms with Gasteiger partial charge in [0.05, 0.1) is 6.04 Å². The van der Waals surface area contributed by atoms with Gasteiger partial charge in [0, 0.05) is 25.3 Å². The van der Waals surface area contributed by atoms with Gasteiger partial charge in [0.2, 0.25) is 5.91 Å². The summed E-state index contributed by atoms with van der Waals surface area (Å²) in [5, 5.41) is 9.14. The zero-order valence-corrected chi connectivity index (χ0v) is 11.7.